The number of carboxylic acids is 2. The van der Waals surface area contributed by atoms with Crippen LogP contribution in [-0.4, -0.2) is 97.8 Å². The lowest BCUT2D eigenvalue weighted by atomic mass is 9.99. The number of aliphatic carboxylic acids is 2. The van der Waals surface area contributed by atoms with Gasteiger partial charge in [-0.1, -0.05) is 18.2 Å². The summed E-state index contributed by atoms with van der Waals surface area (Å²) < 4.78 is 5.69. The highest BCUT2D eigenvalue weighted by atomic mass is 16.5. The van der Waals surface area contributed by atoms with E-state index in [-0.39, 0.29) is 18.9 Å². The van der Waals surface area contributed by atoms with E-state index in [1.54, 1.807) is 7.11 Å². The summed E-state index contributed by atoms with van der Waals surface area (Å²) in [5, 5.41) is 33.5. The Morgan fingerprint density at radius 1 is 1.05 bits per heavy atom. The molecule has 226 valence electrons. The molecule has 2 saturated heterocycles. The second kappa shape index (κ2) is 12.8. The number of rotatable bonds is 7. The number of fused-ring (bicyclic) bond motifs is 2. The number of hydrogen-bond donors (Lipinski definition) is 4. The lowest BCUT2D eigenvalue weighted by molar-refractivity contribution is -0.143. The minimum Gasteiger partial charge on any atom is -0.494 e. The summed E-state index contributed by atoms with van der Waals surface area (Å²) in [5.74, 6) is -0.480. The lowest BCUT2D eigenvalue weighted by Crippen LogP contribution is -2.50. The van der Waals surface area contributed by atoms with Gasteiger partial charge in [-0.3, -0.25) is 19.6 Å². The molecule has 0 aliphatic carbocycles. The van der Waals surface area contributed by atoms with Crippen LogP contribution in [0.5, 0.6) is 5.75 Å². The fourth-order valence-corrected chi connectivity index (χ4v) is 5.64. The summed E-state index contributed by atoms with van der Waals surface area (Å²) in [5.41, 5.74) is 7.58. The average Bonchev–Trinajstić information content (AvgIpc) is 3.58. The number of hydrogen-bond acceptors (Lipinski definition) is 9. The summed E-state index contributed by atoms with van der Waals surface area (Å²) in [6.45, 7) is 7.79. The van der Waals surface area contributed by atoms with Gasteiger partial charge in [0.15, 0.2) is 0 Å². The van der Waals surface area contributed by atoms with E-state index in [0.29, 0.717) is 11.8 Å². The fraction of sp³-hybridized carbons (Fsp3) is 0.387. The zero-order chi connectivity index (χ0) is 30.7. The first-order chi connectivity index (χ1) is 20.6. The fourth-order valence-electron chi connectivity index (χ4n) is 5.64. The quantitative estimate of drug-likeness (QED) is 0.250. The third-order valence-corrected chi connectivity index (χ3v) is 8.07. The van der Waals surface area contributed by atoms with Crippen LogP contribution >= 0.6 is 0 Å². The Labute approximate surface area is 249 Å². The lowest BCUT2D eigenvalue weighted by Gasteiger charge is -2.37. The molecule has 12 nitrogen and oxygen atoms in total. The molecule has 1 aromatic carbocycles. The predicted molar refractivity (Wildman–Crippen MR) is 161 cm³/mol. The molecular formula is C31H36N6O6. The Balaban J connectivity index is 0.000000407. The number of nitrogens with zero attached hydrogens (tertiary/aromatic N) is 5. The first kappa shape index (κ1) is 29.9. The summed E-state index contributed by atoms with van der Waals surface area (Å²) in [4.78, 5) is 33.8. The highest BCUT2D eigenvalue weighted by Gasteiger charge is 2.35. The molecule has 4 aromatic rings. The second-order valence-electron chi connectivity index (χ2n) is 10.9. The van der Waals surface area contributed by atoms with E-state index in [4.69, 9.17) is 24.9 Å². The van der Waals surface area contributed by atoms with E-state index in [1.807, 2.05) is 18.3 Å². The number of carbonyl (C=O) groups is 2. The van der Waals surface area contributed by atoms with E-state index in [0.717, 1.165) is 72.0 Å². The van der Waals surface area contributed by atoms with Crippen molar-refractivity contribution < 1.29 is 29.6 Å². The van der Waals surface area contributed by atoms with Crippen molar-refractivity contribution in [3.05, 3.63) is 53.7 Å². The number of benzene rings is 1. The van der Waals surface area contributed by atoms with Crippen LogP contribution in [0.25, 0.3) is 33.5 Å². The van der Waals surface area contributed by atoms with Gasteiger partial charge < -0.3 is 25.0 Å². The number of ether oxygens (including phenoxy) is 1. The molecule has 0 radical (unpaired) electrons. The number of aryl methyl sites for hydroxylation is 1. The molecular weight excluding hydrogens is 552 g/mol. The monoisotopic (exact) mass is 588 g/mol. The van der Waals surface area contributed by atoms with Crippen LogP contribution in [0.2, 0.25) is 0 Å². The average molecular weight is 589 g/mol. The van der Waals surface area contributed by atoms with Crippen molar-refractivity contribution in [1.29, 1.82) is 0 Å². The smallest absolute Gasteiger partial charge is 0.303 e. The van der Waals surface area contributed by atoms with Crippen molar-refractivity contribution in [3.63, 3.8) is 0 Å². The molecule has 2 fully saturated rings. The van der Waals surface area contributed by atoms with Gasteiger partial charge in [0.1, 0.15) is 28.5 Å². The molecule has 0 unspecified atom stereocenters. The Kier molecular flexibility index (Phi) is 8.88. The van der Waals surface area contributed by atoms with Crippen LogP contribution in [0.3, 0.4) is 0 Å². The molecule has 0 spiro atoms. The molecule has 4 N–H and O–H groups in total. The Hall–Kier alpha value is -4.55. The number of anilines is 1. The molecule has 2 aliphatic rings. The van der Waals surface area contributed by atoms with Gasteiger partial charge >= 0.3 is 11.9 Å². The maximum Gasteiger partial charge on any atom is 0.303 e. The van der Waals surface area contributed by atoms with E-state index in [9.17, 15) is 14.7 Å². The maximum absolute atomic E-state index is 10.00. The number of piperazine rings is 1. The largest absolute Gasteiger partial charge is 0.494 e. The van der Waals surface area contributed by atoms with E-state index < -0.39 is 11.9 Å². The van der Waals surface area contributed by atoms with Crippen LogP contribution in [-0.2, 0) is 9.59 Å². The zero-order valence-electron chi connectivity index (χ0n) is 24.4. The molecule has 43 heavy (non-hydrogen) atoms. The van der Waals surface area contributed by atoms with Gasteiger partial charge in [-0.25, -0.2) is 9.97 Å². The zero-order valence-corrected chi connectivity index (χ0v) is 24.4. The minimum absolute atomic E-state index is 0.206. The molecule has 6 rings (SSSR count). The van der Waals surface area contributed by atoms with Crippen molar-refractivity contribution in [1.82, 2.24) is 25.1 Å². The van der Waals surface area contributed by atoms with Crippen LogP contribution in [0.1, 0.15) is 30.4 Å². The number of pyridine rings is 2. The van der Waals surface area contributed by atoms with Gasteiger partial charge in [-0.2, -0.15) is 5.10 Å². The van der Waals surface area contributed by atoms with Gasteiger partial charge in [0, 0.05) is 55.6 Å². The number of aromatic nitrogens is 4. The minimum atomic E-state index is -1.08. The van der Waals surface area contributed by atoms with E-state index >= 15 is 0 Å². The van der Waals surface area contributed by atoms with Crippen LogP contribution in [0.15, 0.2) is 42.6 Å². The molecule has 12 heteroatoms. The van der Waals surface area contributed by atoms with Gasteiger partial charge in [-0.05, 0) is 43.5 Å². The SMILES string of the molecule is COc1cc2[nH]nc(-c3ccc(N4CCN5C[C@H](O)C[C@H]5C4)nc3)c2nc1-c1cccc(C)c1C.O=C(O)CCC(=O)O. The van der Waals surface area contributed by atoms with Gasteiger partial charge in [-0.15, -0.1) is 0 Å². The molecule has 2 atom stereocenters. The van der Waals surface area contributed by atoms with Crippen molar-refractivity contribution >= 4 is 28.8 Å². The number of aliphatic hydroxyl groups is 1. The standard InChI is InChI=1S/C27H30N6O2.C4H6O4/c1-16-5-4-6-21(17(16)2)26-23(35-3)12-22-27(29-26)25(31-30-22)18-7-8-24(28-13-18)33-10-9-32-15-20(34)11-19(32)14-33;5-3(6)1-2-4(7)8/h4-8,12-13,19-20,34H,9-11,14-15H2,1-3H3,(H,30,31);1-2H2,(H,5,6)(H,7,8)/t19-,20+;/m0./s1. The van der Waals surface area contributed by atoms with Crippen molar-refractivity contribution in [3.8, 4) is 28.3 Å². The van der Waals surface area contributed by atoms with Crippen LogP contribution in [0.4, 0.5) is 5.82 Å². The first-order valence-electron chi connectivity index (χ1n) is 14.2. The van der Waals surface area contributed by atoms with Crippen LogP contribution < -0.4 is 9.64 Å². The number of H-pyrrole nitrogens is 1. The maximum atomic E-state index is 10.00. The summed E-state index contributed by atoms with van der Waals surface area (Å²) in [6.07, 6.45) is 1.92. The summed E-state index contributed by atoms with van der Waals surface area (Å²) >= 11 is 0. The molecule has 3 aromatic heterocycles. The third kappa shape index (κ3) is 6.60. The van der Waals surface area contributed by atoms with Crippen LogP contribution in [0, 0.1) is 13.8 Å². The number of aliphatic hydroxyl groups excluding tert-OH is 1. The molecule has 0 saturated carbocycles. The highest BCUT2D eigenvalue weighted by Crippen LogP contribution is 2.36. The number of nitrogens with one attached hydrogen (secondary N) is 1. The van der Waals surface area contributed by atoms with Gasteiger partial charge in [0.2, 0.25) is 0 Å². The number of methoxy groups -OCH3 is 1. The number of carboxylic acid groups (broad SMARTS) is 2. The first-order valence-corrected chi connectivity index (χ1v) is 14.2. The Morgan fingerprint density at radius 3 is 2.49 bits per heavy atom. The molecule has 2 aliphatic heterocycles. The summed E-state index contributed by atoms with van der Waals surface area (Å²) in [6, 6.07) is 12.7. The normalized spacial score (nSPS) is 18.2. The van der Waals surface area contributed by atoms with Crippen molar-refractivity contribution in [2.75, 3.05) is 38.2 Å². The Bertz CT molecular complexity index is 1610. The second-order valence-corrected chi connectivity index (χ2v) is 10.9. The molecule has 0 amide bonds. The number of aromatic amines is 1. The predicted octanol–water partition coefficient (Wildman–Crippen LogP) is 3.50. The van der Waals surface area contributed by atoms with Crippen molar-refractivity contribution in [2.45, 2.75) is 45.3 Å². The van der Waals surface area contributed by atoms with Gasteiger partial charge in [0.05, 0.1) is 31.6 Å². The molecule has 0 bridgehead atoms. The van der Waals surface area contributed by atoms with E-state index in [1.165, 1.54) is 11.1 Å². The molecule has 5 heterocycles. The van der Waals surface area contributed by atoms with E-state index in [2.05, 4.69) is 58.1 Å². The highest BCUT2D eigenvalue weighted by molar-refractivity contribution is 5.93. The Morgan fingerprint density at radius 2 is 1.81 bits per heavy atom. The third-order valence-electron chi connectivity index (χ3n) is 8.07. The topological polar surface area (TPSA) is 165 Å². The van der Waals surface area contributed by atoms with Crippen molar-refractivity contribution in [2.24, 2.45) is 0 Å². The summed E-state index contributed by atoms with van der Waals surface area (Å²) in [7, 11) is 1.67. The van der Waals surface area contributed by atoms with Gasteiger partial charge in [0.25, 0.3) is 0 Å².